The molecule has 2 aromatic carbocycles. The number of aromatic hydroxyl groups is 1. The Labute approximate surface area is 121 Å². The van der Waals surface area contributed by atoms with Crippen LogP contribution in [0.25, 0.3) is 11.4 Å². The van der Waals surface area contributed by atoms with E-state index in [1.807, 2.05) is 36.4 Å². The second-order valence-electron chi connectivity index (χ2n) is 4.58. The average Bonchev–Trinajstić information content (AvgIpc) is 2.98. The highest BCUT2D eigenvalue weighted by molar-refractivity contribution is 5.55. The summed E-state index contributed by atoms with van der Waals surface area (Å²) in [5, 5.41) is 13.2. The largest absolute Gasteiger partial charge is 0.508 e. The molecule has 0 spiro atoms. The van der Waals surface area contributed by atoms with E-state index in [4.69, 9.17) is 9.26 Å². The van der Waals surface area contributed by atoms with Gasteiger partial charge >= 0.3 is 0 Å². The number of nitrogens with zero attached hydrogens (tertiary/aromatic N) is 2. The third-order valence-electron chi connectivity index (χ3n) is 3.11. The van der Waals surface area contributed by atoms with Crippen LogP contribution < -0.4 is 4.74 Å². The van der Waals surface area contributed by atoms with Crippen molar-refractivity contribution in [2.24, 2.45) is 0 Å². The first-order valence-electron chi connectivity index (χ1n) is 6.49. The van der Waals surface area contributed by atoms with Gasteiger partial charge in [-0.2, -0.15) is 4.98 Å². The third kappa shape index (κ3) is 3.02. The van der Waals surface area contributed by atoms with Gasteiger partial charge < -0.3 is 14.4 Å². The Bertz CT molecular complexity index is 718. The zero-order valence-corrected chi connectivity index (χ0v) is 11.5. The van der Waals surface area contributed by atoms with Crippen molar-refractivity contribution in [3.63, 3.8) is 0 Å². The molecule has 0 saturated heterocycles. The topological polar surface area (TPSA) is 68.4 Å². The van der Waals surface area contributed by atoms with Gasteiger partial charge in [0.2, 0.25) is 11.7 Å². The molecule has 3 rings (SSSR count). The molecule has 0 aliphatic heterocycles. The lowest BCUT2D eigenvalue weighted by atomic mass is 10.1. The van der Waals surface area contributed by atoms with Crippen LogP contribution in [0.15, 0.2) is 53.1 Å². The molecule has 0 aliphatic carbocycles. The monoisotopic (exact) mass is 282 g/mol. The lowest BCUT2D eigenvalue weighted by Gasteiger charge is -1.99. The fourth-order valence-corrected chi connectivity index (χ4v) is 1.97. The van der Waals surface area contributed by atoms with Crippen molar-refractivity contribution in [1.29, 1.82) is 0 Å². The van der Waals surface area contributed by atoms with Crippen molar-refractivity contribution in [1.82, 2.24) is 10.1 Å². The molecule has 5 heteroatoms. The van der Waals surface area contributed by atoms with E-state index in [2.05, 4.69) is 10.1 Å². The molecule has 5 nitrogen and oxygen atoms in total. The molecule has 3 aromatic rings. The Balaban J connectivity index is 1.77. The number of hydrogen-bond donors (Lipinski definition) is 1. The predicted molar refractivity (Wildman–Crippen MR) is 77.2 cm³/mol. The molecule has 1 heterocycles. The summed E-state index contributed by atoms with van der Waals surface area (Å²) in [4.78, 5) is 4.37. The van der Waals surface area contributed by atoms with Crippen LogP contribution in [0.2, 0.25) is 0 Å². The SMILES string of the molecule is COc1ccc(-c2noc(Cc3ccc(O)cc3)n2)cc1. The number of phenols is 1. The van der Waals surface area contributed by atoms with Crippen LogP contribution in [0, 0.1) is 0 Å². The molecule has 0 amide bonds. The number of phenolic OH excluding ortho intramolecular Hbond substituents is 1. The summed E-state index contributed by atoms with van der Waals surface area (Å²) in [6.07, 6.45) is 0.531. The number of methoxy groups -OCH3 is 1. The predicted octanol–water partition coefficient (Wildman–Crippen LogP) is 3.04. The number of aromatic nitrogens is 2. The van der Waals surface area contributed by atoms with E-state index in [9.17, 15) is 5.11 Å². The maximum Gasteiger partial charge on any atom is 0.231 e. The minimum atomic E-state index is 0.239. The molecule has 0 unspecified atom stereocenters. The van der Waals surface area contributed by atoms with Crippen LogP contribution in [0.5, 0.6) is 11.5 Å². The second-order valence-corrected chi connectivity index (χ2v) is 4.58. The van der Waals surface area contributed by atoms with Crippen molar-refractivity contribution in [3.8, 4) is 22.9 Å². The van der Waals surface area contributed by atoms with E-state index < -0.39 is 0 Å². The Morgan fingerprint density at radius 2 is 1.76 bits per heavy atom. The summed E-state index contributed by atoms with van der Waals surface area (Å²) in [5.41, 5.74) is 1.87. The Kier molecular flexibility index (Phi) is 3.55. The van der Waals surface area contributed by atoms with E-state index >= 15 is 0 Å². The van der Waals surface area contributed by atoms with Gasteiger partial charge in [-0.15, -0.1) is 0 Å². The highest BCUT2D eigenvalue weighted by Gasteiger charge is 2.09. The molecule has 0 atom stereocenters. The zero-order valence-electron chi connectivity index (χ0n) is 11.5. The second kappa shape index (κ2) is 5.66. The molecule has 0 saturated carbocycles. The van der Waals surface area contributed by atoms with Crippen LogP contribution in [-0.2, 0) is 6.42 Å². The molecule has 0 radical (unpaired) electrons. The molecule has 1 N–H and O–H groups in total. The summed E-state index contributed by atoms with van der Waals surface area (Å²) in [7, 11) is 1.62. The summed E-state index contributed by atoms with van der Waals surface area (Å²) < 4.78 is 10.4. The van der Waals surface area contributed by atoms with Crippen LogP contribution in [-0.4, -0.2) is 22.4 Å². The van der Waals surface area contributed by atoms with E-state index in [1.54, 1.807) is 19.2 Å². The Morgan fingerprint density at radius 3 is 2.43 bits per heavy atom. The van der Waals surface area contributed by atoms with Crippen molar-refractivity contribution in [2.75, 3.05) is 7.11 Å². The third-order valence-corrected chi connectivity index (χ3v) is 3.11. The van der Waals surface area contributed by atoms with Crippen LogP contribution >= 0.6 is 0 Å². The summed E-state index contributed by atoms with van der Waals surface area (Å²) >= 11 is 0. The maximum atomic E-state index is 9.26. The molecular formula is C16H14N2O3. The van der Waals surface area contributed by atoms with Crippen molar-refractivity contribution in [3.05, 3.63) is 60.0 Å². The standard InChI is InChI=1S/C16H14N2O3/c1-20-14-8-4-12(5-9-14)16-17-15(21-18-16)10-11-2-6-13(19)7-3-11/h2-9,19H,10H2,1H3. The van der Waals surface area contributed by atoms with Crippen molar-refractivity contribution < 1.29 is 14.4 Å². The van der Waals surface area contributed by atoms with E-state index in [-0.39, 0.29) is 5.75 Å². The van der Waals surface area contributed by atoms with Gasteiger partial charge in [-0.3, -0.25) is 0 Å². The molecule has 21 heavy (non-hydrogen) atoms. The van der Waals surface area contributed by atoms with E-state index in [0.29, 0.717) is 18.1 Å². The quantitative estimate of drug-likeness (QED) is 0.796. The lowest BCUT2D eigenvalue weighted by Crippen LogP contribution is -1.88. The molecule has 0 bridgehead atoms. The number of benzene rings is 2. The highest BCUT2D eigenvalue weighted by atomic mass is 16.5. The maximum absolute atomic E-state index is 9.26. The highest BCUT2D eigenvalue weighted by Crippen LogP contribution is 2.20. The van der Waals surface area contributed by atoms with Crippen LogP contribution in [0.1, 0.15) is 11.5 Å². The number of rotatable bonds is 4. The van der Waals surface area contributed by atoms with Gasteiger partial charge in [0.1, 0.15) is 11.5 Å². The zero-order chi connectivity index (χ0) is 14.7. The molecular weight excluding hydrogens is 268 g/mol. The van der Waals surface area contributed by atoms with E-state index in [1.165, 1.54) is 0 Å². The molecule has 0 fully saturated rings. The summed E-state index contributed by atoms with van der Waals surface area (Å²) in [6.45, 7) is 0. The minimum absolute atomic E-state index is 0.239. The first-order chi connectivity index (χ1) is 10.2. The number of ether oxygens (including phenoxy) is 1. The van der Waals surface area contributed by atoms with Gasteiger partial charge in [0.15, 0.2) is 0 Å². The first-order valence-corrected chi connectivity index (χ1v) is 6.49. The van der Waals surface area contributed by atoms with Gasteiger partial charge in [-0.25, -0.2) is 0 Å². The van der Waals surface area contributed by atoms with E-state index in [0.717, 1.165) is 16.9 Å². The average molecular weight is 282 g/mol. The molecule has 0 aliphatic rings. The minimum Gasteiger partial charge on any atom is -0.508 e. The normalized spacial score (nSPS) is 10.5. The van der Waals surface area contributed by atoms with Gasteiger partial charge in [0.25, 0.3) is 0 Å². The van der Waals surface area contributed by atoms with Gasteiger partial charge in [0, 0.05) is 5.56 Å². The smallest absolute Gasteiger partial charge is 0.231 e. The fraction of sp³-hybridized carbons (Fsp3) is 0.125. The van der Waals surface area contributed by atoms with Gasteiger partial charge in [-0.1, -0.05) is 17.3 Å². The fourth-order valence-electron chi connectivity index (χ4n) is 1.97. The van der Waals surface area contributed by atoms with Gasteiger partial charge in [0.05, 0.1) is 13.5 Å². The number of hydrogen-bond acceptors (Lipinski definition) is 5. The summed E-state index contributed by atoms with van der Waals surface area (Å²) in [6, 6.07) is 14.4. The first kappa shape index (κ1) is 13.2. The van der Waals surface area contributed by atoms with Gasteiger partial charge in [-0.05, 0) is 42.0 Å². The summed E-state index contributed by atoms with van der Waals surface area (Å²) in [5.74, 6) is 2.10. The lowest BCUT2D eigenvalue weighted by molar-refractivity contribution is 0.385. The molecule has 106 valence electrons. The Hall–Kier alpha value is -2.82. The van der Waals surface area contributed by atoms with Crippen LogP contribution in [0.4, 0.5) is 0 Å². The van der Waals surface area contributed by atoms with Crippen molar-refractivity contribution in [2.45, 2.75) is 6.42 Å². The van der Waals surface area contributed by atoms with Crippen LogP contribution in [0.3, 0.4) is 0 Å². The molecule has 1 aromatic heterocycles. The Morgan fingerprint density at radius 1 is 1.05 bits per heavy atom. The van der Waals surface area contributed by atoms with Crippen molar-refractivity contribution >= 4 is 0 Å².